The third kappa shape index (κ3) is 3.93. The first-order valence-electron chi connectivity index (χ1n) is 8.51. The van der Waals surface area contributed by atoms with E-state index >= 15 is 0 Å². The molecule has 27 heavy (non-hydrogen) atoms. The van der Waals surface area contributed by atoms with Crippen LogP contribution in [0.2, 0.25) is 0 Å². The van der Waals surface area contributed by atoms with Gasteiger partial charge in [0.15, 0.2) is 0 Å². The number of anilines is 1. The van der Waals surface area contributed by atoms with Crippen molar-refractivity contribution in [2.24, 2.45) is 5.73 Å². The Morgan fingerprint density at radius 3 is 2.89 bits per heavy atom. The van der Waals surface area contributed by atoms with E-state index in [1.54, 1.807) is 7.05 Å². The van der Waals surface area contributed by atoms with E-state index in [0.717, 1.165) is 10.8 Å². The van der Waals surface area contributed by atoms with Crippen LogP contribution in [0.1, 0.15) is 19.1 Å². The van der Waals surface area contributed by atoms with Crippen molar-refractivity contribution >= 4 is 11.7 Å². The Morgan fingerprint density at radius 2 is 2.26 bits per heavy atom. The van der Waals surface area contributed by atoms with Gasteiger partial charge in [-0.05, 0) is 12.5 Å². The Kier molecular flexibility index (Phi) is 5.16. The van der Waals surface area contributed by atoms with Gasteiger partial charge < -0.3 is 21.5 Å². The standard InChI is InChI=1S/C16H22F2N6O3/c1-21-11-8-23(4-2-10(11)13(20)25)7-9-6-16(17,18)14(27-9)24-5-3-12(19)22-15(24)26/h3,5,9,14,21H,2,4,6-8H2,1H3,(H2,20,25)(H2,19,22,26)/t9-,14+/m0/s1. The fourth-order valence-corrected chi connectivity index (χ4v) is 3.48. The van der Waals surface area contributed by atoms with E-state index in [9.17, 15) is 18.4 Å². The number of nitrogens with zero attached hydrogens (tertiary/aromatic N) is 3. The molecule has 0 bridgehead atoms. The van der Waals surface area contributed by atoms with Gasteiger partial charge in [0.2, 0.25) is 12.1 Å². The number of nitrogens with two attached hydrogens (primary N) is 2. The second kappa shape index (κ2) is 7.24. The highest BCUT2D eigenvalue weighted by molar-refractivity contribution is 5.92. The summed E-state index contributed by atoms with van der Waals surface area (Å²) in [6.45, 7) is 1.12. The smallest absolute Gasteiger partial charge is 0.351 e. The van der Waals surface area contributed by atoms with Crippen molar-refractivity contribution < 1.29 is 18.3 Å². The molecule has 2 aliphatic rings. The largest absolute Gasteiger partial charge is 0.390 e. The second-order valence-corrected chi connectivity index (χ2v) is 6.67. The number of rotatable bonds is 5. The summed E-state index contributed by atoms with van der Waals surface area (Å²) in [4.78, 5) is 28.7. The molecule has 0 aliphatic carbocycles. The number of amides is 1. The van der Waals surface area contributed by atoms with Crippen LogP contribution in [0.15, 0.2) is 28.3 Å². The molecular weight excluding hydrogens is 362 g/mol. The van der Waals surface area contributed by atoms with Crippen LogP contribution in [0.3, 0.4) is 0 Å². The number of carbonyl (C=O) groups is 1. The molecule has 0 unspecified atom stereocenters. The molecule has 0 saturated carbocycles. The fourth-order valence-electron chi connectivity index (χ4n) is 3.48. The minimum absolute atomic E-state index is 0.0425. The summed E-state index contributed by atoms with van der Waals surface area (Å²) >= 11 is 0. The van der Waals surface area contributed by atoms with Crippen molar-refractivity contribution in [1.29, 1.82) is 0 Å². The van der Waals surface area contributed by atoms with E-state index in [1.807, 2.05) is 4.90 Å². The quantitative estimate of drug-likeness (QED) is 0.619. The SMILES string of the molecule is CNC1=C(C(N)=O)CCN(C[C@@H]2CC(F)(F)[C@H](n3ccc(N)nc3=O)O2)C1. The molecule has 3 heterocycles. The molecule has 1 aromatic rings. The van der Waals surface area contributed by atoms with Gasteiger partial charge in [-0.25, -0.2) is 13.6 Å². The first kappa shape index (κ1) is 19.2. The number of hydrogen-bond acceptors (Lipinski definition) is 7. The normalized spacial score (nSPS) is 25.6. The number of aromatic nitrogens is 2. The molecule has 1 amide bonds. The highest BCUT2D eigenvalue weighted by Crippen LogP contribution is 2.42. The number of halogens is 2. The van der Waals surface area contributed by atoms with Crippen LogP contribution < -0.4 is 22.5 Å². The lowest BCUT2D eigenvalue weighted by Crippen LogP contribution is -2.42. The third-order valence-electron chi connectivity index (χ3n) is 4.77. The number of alkyl halides is 2. The van der Waals surface area contributed by atoms with Gasteiger partial charge in [-0.2, -0.15) is 4.98 Å². The Hall–Kier alpha value is -2.53. The second-order valence-electron chi connectivity index (χ2n) is 6.67. The van der Waals surface area contributed by atoms with Gasteiger partial charge in [-0.1, -0.05) is 0 Å². The van der Waals surface area contributed by atoms with Gasteiger partial charge in [-0.15, -0.1) is 0 Å². The molecule has 1 saturated heterocycles. The summed E-state index contributed by atoms with van der Waals surface area (Å²) in [6, 6.07) is 1.27. The van der Waals surface area contributed by atoms with Gasteiger partial charge >= 0.3 is 5.69 Å². The molecule has 0 spiro atoms. The molecule has 11 heteroatoms. The lowest BCUT2D eigenvalue weighted by Gasteiger charge is -2.31. The van der Waals surface area contributed by atoms with Crippen molar-refractivity contribution in [3.63, 3.8) is 0 Å². The average Bonchev–Trinajstić information content (AvgIpc) is 2.88. The van der Waals surface area contributed by atoms with Crippen molar-refractivity contribution in [2.45, 2.75) is 31.1 Å². The summed E-state index contributed by atoms with van der Waals surface area (Å²) < 4.78 is 35.1. The van der Waals surface area contributed by atoms with E-state index < -0.39 is 36.3 Å². The Labute approximate surface area is 154 Å². The zero-order chi connectivity index (χ0) is 19.8. The molecule has 2 aliphatic heterocycles. The molecule has 0 aromatic carbocycles. The van der Waals surface area contributed by atoms with Crippen LogP contribution in [-0.2, 0) is 9.53 Å². The maximum atomic E-state index is 14.4. The lowest BCUT2D eigenvalue weighted by atomic mass is 10.0. The number of nitrogen functional groups attached to an aromatic ring is 1. The topological polar surface area (TPSA) is 128 Å². The van der Waals surface area contributed by atoms with Gasteiger partial charge in [0, 0.05) is 50.6 Å². The van der Waals surface area contributed by atoms with Crippen LogP contribution in [-0.4, -0.2) is 59.1 Å². The zero-order valence-corrected chi connectivity index (χ0v) is 14.8. The highest BCUT2D eigenvalue weighted by Gasteiger charge is 2.52. The molecule has 9 nitrogen and oxygen atoms in total. The number of ether oxygens (including phenoxy) is 1. The van der Waals surface area contributed by atoms with Crippen molar-refractivity contribution in [3.05, 3.63) is 34.0 Å². The van der Waals surface area contributed by atoms with E-state index in [1.165, 1.54) is 6.07 Å². The van der Waals surface area contributed by atoms with Crippen LogP contribution in [0, 0.1) is 0 Å². The van der Waals surface area contributed by atoms with Crippen LogP contribution in [0.4, 0.5) is 14.6 Å². The predicted octanol–water partition coefficient (Wildman–Crippen LogP) is -0.587. The summed E-state index contributed by atoms with van der Waals surface area (Å²) in [5.41, 5.74) is 11.1. The summed E-state index contributed by atoms with van der Waals surface area (Å²) in [5.74, 6) is -3.75. The van der Waals surface area contributed by atoms with Crippen LogP contribution in [0.25, 0.3) is 0 Å². The van der Waals surface area contributed by atoms with E-state index in [0.29, 0.717) is 30.8 Å². The van der Waals surface area contributed by atoms with Crippen molar-refractivity contribution in [1.82, 2.24) is 19.8 Å². The maximum Gasteiger partial charge on any atom is 0.351 e. The van der Waals surface area contributed by atoms with E-state index in [-0.39, 0.29) is 12.4 Å². The van der Waals surface area contributed by atoms with Crippen molar-refractivity contribution in [3.8, 4) is 0 Å². The van der Waals surface area contributed by atoms with Gasteiger partial charge in [0.05, 0.1) is 6.10 Å². The summed E-state index contributed by atoms with van der Waals surface area (Å²) in [7, 11) is 1.68. The number of hydrogen-bond donors (Lipinski definition) is 3. The molecule has 2 atom stereocenters. The summed E-state index contributed by atoms with van der Waals surface area (Å²) in [5, 5.41) is 2.94. The zero-order valence-electron chi connectivity index (χ0n) is 14.8. The minimum Gasteiger partial charge on any atom is -0.390 e. The number of likely N-dealkylation sites (N-methyl/N-ethyl adjacent to an activating group) is 1. The first-order valence-corrected chi connectivity index (χ1v) is 8.51. The molecule has 3 rings (SSSR count). The molecule has 5 N–H and O–H groups in total. The Bertz CT molecular complexity index is 825. The fraction of sp³-hybridized carbons (Fsp3) is 0.562. The summed E-state index contributed by atoms with van der Waals surface area (Å²) in [6.07, 6.45) is -1.44. The number of carbonyl (C=O) groups excluding carboxylic acids is 1. The maximum absolute atomic E-state index is 14.4. The first-order chi connectivity index (χ1) is 12.7. The lowest BCUT2D eigenvalue weighted by molar-refractivity contribution is -0.119. The number of primary amides is 1. The van der Waals surface area contributed by atoms with Crippen LogP contribution >= 0.6 is 0 Å². The molecular formula is C16H22F2N6O3. The number of nitrogens with one attached hydrogen (secondary N) is 1. The van der Waals surface area contributed by atoms with Gasteiger partial charge in [0.1, 0.15) is 5.82 Å². The average molecular weight is 384 g/mol. The molecule has 1 aromatic heterocycles. The predicted molar refractivity (Wildman–Crippen MR) is 92.7 cm³/mol. The molecule has 1 fully saturated rings. The Morgan fingerprint density at radius 1 is 1.52 bits per heavy atom. The van der Waals surface area contributed by atoms with E-state index in [2.05, 4.69) is 10.3 Å². The third-order valence-corrected chi connectivity index (χ3v) is 4.77. The molecule has 148 valence electrons. The highest BCUT2D eigenvalue weighted by atomic mass is 19.3. The Balaban J connectivity index is 1.71. The van der Waals surface area contributed by atoms with Gasteiger partial charge in [0.25, 0.3) is 5.92 Å². The van der Waals surface area contributed by atoms with Gasteiger partial charge in [-0.3, -0.25) is 14.3 Å². The minimum atomic E-state index is -3.22. The molecule has 0 radical (unpaired) electrons. The van der Waals surface area contributed by atoms with Crippen LogP contribution in [0.5, 0.6) is 0 Å². The van der Waals surface area contributed by atoms with Crippen molar-refractivity contribution in [2.75, 3.05) is 32.4 Å². The van der Waals surface area contributed by atoms with E-state index in [4.69, 9.17) is 16.2 Å². The monoisotopic (exact) mass is 384 g/mol.